The van der Waals surface area contributed by atoms with E-state index in [9.17, 15) is 0 Å². The van der Waals surface area contributed by atoms with Gasteiger partial charge in [0.2, 0.25) is 0 Å². The summed E-state index contributed by atoms with van der Waals surface area (Å²) >= 11 is 0. The molecule has 1 aromatic carbocycles. The molecule has 0 saturated carbocycles. The molecule has 1 aliphatic rings. The van der Waals surface area contributed by atoms with Crippen LogP contribution in [0.1, 0.15) is 31.5 Å². The number of rotatable bonds is 7. The van der Waals surface area contributed by atoms with Gasteiger partial charge in [-0.25, -0.2) is 4.98 Å². The number of nitrogens with one attached hydrogen (secondary N) is 2. The molecule has 30 heavy (non-hydrogen) atoms. The van der Waals surface area contributed by atoms with Crippen LogP contribution in [0.3, 0.4) is 0 Å². The van der Waals surface area contributed by atoms with E-state index >= 15 is 0 Å². The fraction of sp³-hybridized carbons (Fsp3) is 0.417. The van der Waals surface area contributed by atoms with Gasteiger partial charge in [-0.1, -0.05) is 36.4 Å². The minimum Gasteiger partial charge on any atom is -0.357 e. The lowest BCUT2D eigenvalue weighted by Crippen LogP contribution is -2.44. The molecule has 158 valence electrons. The molecule has 0 bridgehead atoms. The molecule has 0 aliphatic carbocycles. The molecule has 6 heteroatoms. The lowest BCUT2D eigenvalue weighted by molar-refractivity contribution is 0.258. The minimum atomic E-state index is 0.414. The summed E-state index contributed by atoms with van der Waals surface area (Å²) < 4.78 is 2.06. The molecular formula is C24H32N6. The Balaban J connectivity index is 1.32. The van der Waals surface area contributed by atoms with Crippen LogP contribution >= 0.6 is 0 Å². The first kappa shape index (κ1) is 20.4. The van der Waals surface area contributed by atoms with Crippen LogP contribution in [0.25, 0.3) is 5.65 Å². The van der Waals surface area contributed by atoms with Gasteiger partial charge in [0, 0.05) is 57.1 Å². The Morgan fingerprint density at radius 1 is 1.17 bits per heavy atom. The van der Waals surface area contributed by atoms with E-state index in [1.54, 1.807) is 0 Å². The Morgan fingerprint density at radius 3 is 2.80 bits per heavy atom. The van der Waals surface area contributed by atoms with Crippen molar-refractivity contribution in [1.82, 2.24) is 24.9 Å². The van der Waals surface area contributed by atoms with E-state index < -0.39 is 0 Å². The highest BCUT2D eigenvalue weighted by Crippen LogP contribution is 2.20. The van der Waals surface area contributed by atoms with Gasteiger partial charge in [0.1, 0.15) is 5.65 Å². The molecule has 0 radical (unpaired) electrons. The number of likely N-dealkylation sites (tertiary alicyclic amines) is 1. The molecule has 2 unspecified atom stereocenters. The fourth-order valence-electron chi connectivity index (χ4n) is 4.14. The highest BCUT2D eigenvalue weighted by molar-refractivity contribution is 5.80. The van der Waals surface area contributed by atoms with Crippen molar-refractivity contribution in [3.63, 3.8) is 0 Å². The monoisotopic (exact) mass is 404 g/mol. The van der Waals surface area contributed by atoms with Gasteiger partial charge in [-0.15, -0.1) is 0 Å². The lowest BCUT2D eigenvalue weighted by atomic mass is 10.2. The highest BCUT2D eigenvalue weighted by atomic mass is 15.3. The second kappa shape index (κ2) is 9.76. The number of aromatic nitrogens is 2. The second-order valence-corrected chi connectivity index (χ2v) is 8.05. The van der Waals surface area contributed by atoms with E-state index in [-0.39, 0.29) is 0 Å². The van der Waals surface area contributed by atoms with E-state index in [1.165, 1.54) is 5.56 Å². The van der Waals surface area contributed by atoms with Crippen molar-refractivity contribution < 1.29 is 0 Å². The van der Waals surface area contributed by atoms with Gasteiger partial charge in [-0.2, -0.15) is 0 Å². The number of benzene rings is 1. The zero-order chi connectivity index (χ0) is 20.8. The number of hydrogen-bond donors (Lipinski definition) is 2. The summed E-state index contributed by atoms with van der Waals surface area (Å²) in [7, 11) is 0. The summed E-state index contributed by atoms with van der Waals surface area (Å²) in [6.07, 6.45) is 6.08. The second-order valence-electron chi connectivity index (χ2n) is 8.05. The number of guanidine groups is 1. The molecule has 6 nitrogen and oxygen atoms in total. The van der Waals surface area contributed by atoms with Crippen LogP contribution in [0.4, 0.5) is 0 Å². The molecule has 0 spiro atoms. The molecule has 2 atom stereocenters. The van der Waals surface area contributed by atoms with Crippen LogP contribution in [-0.4, -0.2) is 52.0 Å². The largest absolute Gasteiger partial charge is 0.357 e. The van der Waals surface area contributed by atoms with E-state index in [4.69, 9.17) is 4.99 Å². The minimum absolute atomic E-state index is 0.414. The quantitative estimate of drug-likeness (QED) is 0.469. The summed E-state index contributed by atoms with van der Waals surface area (Å²) in [5.41, 5.74) is 3.43. The van der Waals surface area contributed by atoms with Gasteiger partial charge in [0.15, 0.2) is 5.96 Å². The third-order valence-electron chi connectivity index (χ3n) is 5.67. The number of nitrogens with zero attached hydrogens (tertiary/aromatic N) is 4. The topological polar surface area (TPSA) is 57.0 Å². The average molecular weight is 405 g/mol. The molecule has 0 amide bonds. The predicted octanol–water partition coefficient (Wildman–Crippen LogP) is 3.09. The molecule has 1 saturated heterocycles. The standard InChI is InChI=1S/C24H32N6/c1-3-25-24(26-13-12-21-17-29-14-8-7-11-23(29)27-21)28-22-15-19(2)30(18-22)16-20-9-5-4-6-10-20/h4-11,14,17,19,22H,3,12-13,15-16,18H2,1-2H3,(H2,25,26,28). The van der Waals surface area contributed by atoms with E-state index in [2.05, 4.69) is 75.3 Å². The molecule has 1 aliphatic heterocycles. The normalized spacial score (nSPS) is 20.0. The van der Waals surface area contributed by atoms with Crippen LogP contribution < -0.4 is 10.6 Å². The molecular weight excluding hydrogens is 372 g/mol. The van der Waals surface area contributed by atoms with Gasteiger partial charge < -0.3 is 15.0 Å². The highest BCUT2D eigenvalue weighted by Gasteiger charge is 2.29. The predicted molar refractivity (Wildman–Crippen MR) is 123 cm³/mol. The van der Waals surface area contributed by atoms with Gasteiger partial charge in [-0.3, -0.25) is 9.89 Å². The average Bonchev–Trinajstić information content (AvgIpc) is 3.31. The molecule has 1 fully saturated rings. The number of fused-ring (bicyclic) bond motifs is 1. The third-order valence-corrected chi connectivity index (χ3v) is 5.67. The Morgan fingerprint density at radius 2 is 2.00 bits per heavy atom. The number of imidazole rings is 1. The number of pyridine rings is 1. The maximum Gasteiger partial charge on any atom is 0.191 e. The first-order chi connectivity index (χ1) is 14.7. The van der Waals surface area contributed by atoms with E-state index in [0.29, 0.717) is 12.1 Å². The Labute approximate surface area is 179 Å². The number of hydrogen-bond acceptors (Lipinski definition) is 3. The Kier molecular flexibility index (Phi) is 6.64. The lowest BCUT2D eigenvalue weighted by Gasteiger charge is -2.21. The Hall–Kier alpha value is -2.86. The molecule has 3 heterocycles. The summed E-state index contributed by atoms with van der Waals surface area (Å²) in [4.78, 5) is 12.0. The van der Waals surface area contributed by atoms with Gasteiger partial charge in [-0.05, 0) is 38.0 Å². The van der Waals surface area contributed by atoms with Crippen molar-refractivity contribution in [3.05, 3.63) is 72.2 Å². The van der Waals surface area contributed by atoms with Gasteiger partial charge >= 0.3 is 0 Å². The van der Waals surface area contributed by atoms with Crippen LogP contribution in [0.15, 0.2) is 65.9 Å². The Bertz CT molecular complexity index is 931. The fourth-order valence-corrected chi connectivity index (χ4v) is 4.14. The molecule has 3 aromatic rings. The first-order valence-electron chi connectivity index (χ1n) is 11.0. The van der Waals surface area contributed by atoms with Crippen LogP contribution in [0.5, 0.6) is 0 Å². The molecule has 2 aromatic heterocycles. The summed E-state index contributed by atoms with van der Waals surface area (Å²) in [6, 6.07) is 17.8. The van der Waals surface area contributed by atoms with E-state index in [1.807, 2.05) is 24.4 Å². The van der Waals surface area contributed by atoms with Crippen molar-refractivity contribution in [2.24, 2.45) is 4.99 Å². The molecule has 2 N–H and O–H groups in total. The SMILES string of the molecule is CCNC(=NCCc1cn2ccccc2n1)NC1CC(C)N(Cc2ccccc2)C1. The van der Waals surface area contributed by atoms with Crippen molar-refractivity contribution in [2.45, 2.75) is 45.3 Å². The summed E-state index contributed by atoms with van der Waals surface area (Å²) in [5.74, 6) is 0.903. The van der Waals surface area contributed by atoms with Crippen LogP contribution in [0, 0.1) is 0 Å². The summed E-state index contributed by atoms with van der Waals surface area (Å²) in [5, 5.41) is 7.04. The first-order valence-corrected chi connectivity index (χ1v) is 11.0. The van der Waals surface area contributed by atoms with Gasteiger partial charge in [0.05, 0.1) is 5.69 Å². The maximum atomic E-state index is 4.80. The molecule has 4 rings (SSSR count). The third kappa shape index (κ3) is 5.19. The summed E-state index contributed by atoms with van der Waals surface area (Å²) in [6.45, 7) is 8.04. The zero-order valence-corrected chi connectivity index (χ0v) is 18.0. The van der Waals surface area contributed by atoms with Gasteiger partial charge in [0.25, 0.3) is 0 Å². The maximum absolute atomic E-state index is 4.80. The van der Waals surface area contributed by atoms with Crippen molar-refractivity contribution in [1.29, 1.82) is 0 Å². The smallest absolute Gasteiger partial charge is 0.191 e. The van der Waals surface area contributed by atoms with Crippen LogP contribution in [0.2, 0.25) is 0 Å². The van der Waals surface area contributed by atoms with Crippen molar-refractivity contribution in [3.8, 4) is 0 Å². The van der Waals surface area contributed by atoms with Crippen molar-refractivity contribution in [2.75, 3.05) is 19.6 Å². The number of aliphatic imine (C=N–C) groups is 1. The van der Waals surface area contributed by atoms with Crippen LogP contribution in [-0.2, 0) is 13.0 Å². The van der Waals surface area contributed by atoms with Crippen molar-refractivity contribution >= 4 is 11.6 Å². The zero-order valence-electron chi connectivity index (χ0n) is 18.0. The van der Waals surface area contributed by atoms with E-state index in [0.717, 1.165) is 56.3 Å².